The molecule has 0 fully saturated rings. The summed E-state index contributed by atoms with van der Waals surface area (Å²) in [4.78, 5) is 40.0. The van der Waals surface area contributed by atoms with Crippen LogP contribution in [-0.4, -0.2) is 49.8 Å². The van der Waals surface area contributed by atoms with E-state index in [4.69, 9.17) is 123 Å². The smallest absolute Gasteiger partial charge is 0.174 e. The van der Waals surface area contributed by atoms with Crippen LogP contribution in [0.4, 0.5) is 0 Å². The minimum absolute atomic E-state index is 0.477. The first-order valence-corrected chi connectivity index (χ1v) is 41.3. The molecule has 10 aromatic heterocycles. The number of nitrogens with one attached hydrogen (secondary N) is 5. The maximum Gasteiger partial charge on any atom is 0.174 e. The van der Waals surface area contributed by atoms with E-state index in [9.17, 15) is 0 Å². The van der Waals surface area contributed by atoms with Crippen molar-refractivity contribution in [2.75, 3.05) is 0 Å². The lowest BCUT2D eigenvalue weighted by atomic mass is 10.1. The molecule has 0 saturated carbocycles. The molecule has 5 N–H and O–H groups in total. The van der Waals surface area contributed by atoms with Crippen molar-refractivity contribution in [1.29, 1.82) is 0 Å². The highest BCUT2D eigenvalue weighted by molar-refractivity contribution is 6.43. The monoisotopic (exact) mass is 1740 g/mol. The van der Waals surface area contributed by atoms with Crippen LogP contribution < -0.4 is 0 Å². The number of aromatic amines is 5. The average molecular weight is 1740 g/mol. The zero-order valence-electron chi connectivity index (χ0n) is 66.0. The van der Waals surface area contributed by atoms with Gasteiger partial charge in [-0.15, -0.1) is 0 Å². The highest BCUT2D eigenvalue weighted by atomic mass is 35.5. The molecule has 0 aliphatic rings. The molecular formula is C100H73Cl7N10O5. The van der Waals surface area contributed by atoms with Crippen molar-refractivity contribution < 1.29 is 22.1 Å². The molecule has 0 atom stereocenters. The Hall–Kier alpha value is -13.3. The number of aromatic nitrogens is 10. The Labute approximate surface area is 738 Å². The molecule has 10 heterocycles. The molecular weight excluding hydrogens is 1670 g/mol. The van der Waals surface area contributed by atoms with Crippen LogP contribution in [0.1, 0.15) is 28.5 Å². The molecule has 0 unspecified atom stereocenters. The summed E-state index contributed by atoms with van der Waals surface area (Å²) in [6.45, 7) is 10.0. The van der Waals surface area contributed by atoms with Gasteiger partial charge in [0.2, 0.25) is 0 Å². The van der Waals surface area contributed by atoms with Crippen LogP contribution in [0, 0.1) is 34.6 Å². The first-order chi connectivity index (χ1) is 59.4. The lowest BCUT2D eigenvalue weighted by molar-refractivity contribution is 0.592. The molecule has 10 aromatic carbocycles. The van der Waals surface area contributed by atoms with Crippen molar-refractivity contribution in [2.45, 2.75) is 34.6 Å². The third-order valence-corrected chi connectivity index (χ3v) is 21.8. The lowest BCUT2D eigenvalue weighted by Crippen LogP contribution is -1.80. The number of hydrogen-bond donors (Lipinski definition) is 5. The quantitative estimate of drug-likeness (QED) is 0.0656. The topological polar surface area (TPSA) is 209 Å². The maximum atomic E-state index is 6.28. The Morgan fingerprint density at radius 2 is 0.467 bits per heavy atom. The van der Waals surface area contributed by atoms with Gasteiger partial charge in [0.1, 0.15) is 28.8 Å². The molecule has 0 aliphatic carbocycles. The molecule has 0 bridgehead atoms. The van der Waals surface area contributed by atoms with E-state index in [-0.39, 0.29) is 0 Å². The first-order valence-electron chi connectivity index (χ1n) is 38.7. The van der Waals surface area contributed by atoms with Crippen LogP contribution >= 0.6 is 81.2 Å². The number of H-pyrrole nitrogens is 5. The van der Waals surface area contributed by atoms with Crippen LogP contribution in [0.5, 0.6) is 0 Å². The van der Waals surface area contributed by atoms with E-state index < -0.39 is 0 Å². The molecule has 0 aliphatic heterocycles. The van der Waals surface area contributed by atoms with Gasteiger partial charge in [-0.2, -0.15) is 0 Å². The number of furan rings is 5. The van der Waals surface area contributed by atoms with Crippen LogP contribution in [-0.2, 0) is 0 Å². The minimum atomic E-state index is 0.477. The predicted octanol–water partition coefficient (Wildman–Crippen LogP) is 31.1. The lowest BCUT2D eigenvalue weighted by Gasteiger charge is -2.02. The summed E-state index contributed by atoms with van der Waals surface area (Å²) in [7, 11) is 0. The highest BCUT2D eigenvalue weighted by Crippen LogP contribution is 2.41. The van der Waals surface area contributed by atoms with Gasteiger partial charge in [-0.1, -0.05) is 263 Å². The largest absolute Gasteiger partial charge is 0.453 e. The highest BCUT2D eigenvalue weighted by Gasteiger charge is 2.22. The fourth-order valence-electron chi connectivity index (χ4n) is 13.6. The molecule has 0 spiro atoms. The summed E-state index contributed by atoms with van der Waals surface area (Å²) in [6.07, 6.45) is 0. The van der Waals surface area contributed by atoms with Gasteiger partial charge in [-0.25, -0.2) is 24.9 Å². The Kier molecular flexibility index (Phi) is 25.3. The van der Waals surface area contributed by atoms with Crippen molar-refractivity contribution in [3.8, 4) is 171 Å². The van der Waals surface area contributed by atoms with Crippen molar-refractivity contribution in [3.63, 3.8) is 0 Å². The van der Waals surface area contributed by atoms with Gasteiger partial charge >= 0.3 is 0 Å². The fraction of sp³-hybridized carbons (Fsp3) is 0.0500. The third-order valence-electron chi connectivity index (χ3n) is 19.6. The van der Waals surface area contributed by atoms with E-state index in [0.717, 1.165) is 142 Å². The van der Waals surface area contributed by atoms with Crippen LogP contribution in [0.25, 0.3) is 171 Å². The number of halogens is 7. The Morgan fingerprint density at radius 1 is 0.197 bits per heavy atom. The zero-order valence-corrected chi connectivity index (χ0v) is 71.3. The van der Waals surface area contributed by atoms with Gasteiger partial charge in [0.15, 0.2) is 57.9 Å². The predicted molar refractivity (Wildman–Crippen MR) is 495 cm³/mol. The van der Waals surface area contributed by atoms with E-state index in [0.29, 0.717) is 93.0 Å². The number of imidazole rings is 5. The van der Waals surface area contributed by atoms with Crippen molar-refractivity contribution in [3.05, 3.63) is 385 Å². The van der Waals surface area contributed by atoms with Crippen molar-refractivity contribution in [1.82, 2.24) is 49.8 Å². The molecule has 0 amide bonds. The number of hydrogen-bond acceptors (Lipinski definition) is 10. The van der Waals surface area contributed by atoms with Crippen molar-refractivity contribution in [2.24, 2.45) is 0 Å². The molecule has 20 rings (SSSR count). The Balaban J connectivity index is 0.000000113. The number of nitrogens with zero attached hydrogens (tertiary/aromatic N) is 5. The Morgan fingerprint density at radius 3 is 0.828 bits per heavy atom. The third kappa shape index (κ3) is 19.1. The average Bonchev–Trinajstić information content (AvgIpc) is 1.68. The van der Waals surface area contributed by atoms with Gasteiger partial charge in [-0.3, -0.25) is 0 Å². The summed E-state index contributed by atoms with van der Waals surface area (Å²) in [5, 5.41) is 4.18. The number of aryl methyl sites for hydroxylation is 5. The van der Waals surface area contributed by atoms with Gasteiger partial charge in [0, 0.05) is 99.2 Å². The molecule has 122 heavy (non-hydrogen) atoms. The maximum absolute atomic E-state index is 6.28. The normalized spacial score (nSPS) is 11.0. The SMILES string of the molecule is Cc1[nH]c(-c2ccc(-c3ccc(Cl)cc3)o2)nc1-c1ccccc1.Cc1[nH]c(-c2ccc(-c3ccc(Cl)cc3Cl)o2)nc1-c1ccccc1.Cc1[nH]c(-c2ccc(-c3cccc(Cl)c3)o2)nc1-c1ccccc1.Cc1[nH]c(-c2ccc(-c3cccc(Cl)c3Cl)o2)nc1-c1ccccc1.Cc1[nH]c(-c2ccc(-c3ccccc3Cl)o2)nc1-c1ccccc1. The molecule has 20 aromatic rings. The first kappa shape index (κ1) is 82.4. The summed E-state index contributed by atoms with van der Waals surface area (Å²) < 4.78 is 29.8. The van der Waals surface area contributed by atoms with E-state index in [2.05, 4.69) is 29.9 Å². The molecule has 15 nitrogen and oxygen atoms in total. The molecule has 0 saturated heterocycles. The van der Waals surface area contributed by atoms with Crippen LogP contribution in [0.3, 0.4) is 0 Å². The summed E-state index contributed by atoms with van der Waals surface area (Å²) >= 11 is 42.8. The standard InChI is InChI=1S/2C20H14Cl2N2O.3C20H15ClN2O/c1-12-19(13-6-3-2-4-7-13)24-20(23-12)17-11-10-16(25-17)14-8-5-9-15(21)18(14)22;1-12-19(13-5-3-2-4-6-13)24-20(23-12)18-10-9-17(25-18)15-8-7-14(21)11-16(15)22;1-13-19(14-7-3-2-4-8-14)23-20(22-13)18-12-11-17(24-18)15-9-5-6-10-16(15)21;1-13-19(14-6-3-2-4-7-14)23-20(22-13)18-11-10-17(24-18)15-8-5-9-16(21)12-15;1-13-19(15-5-3-2-4-6-15)23-20(22-13)18-12-11-17(24-18)14-7-9-16(21)10-8-14/h2*2-11H,1H3,(H,23,24);3*2-12H,1H3,(H,22,23). The second-order valence-electron chi connectivity index (χ2n) is 28.2. The number of rotatable bonds is 15. The Bertz CT molecular complexity index is 6940. The summed E-state index contributed by atoms with van der Waals surface area (Å²) in [6, 6.07) is 103. The van der Waals surface area contributed by atoms with E-state index in [1.165, 1.54) is 0 Å². The zero-order chi connectivity index (χ0) is 84.3. The second-order valence-corrected chi connectivity index (χ2v) is 31.1. The van der Waals surface area contributed by atoms with E-state index in [1.54, 1.807) is 18.2 Å². The van der Waals surface area contributed by atoms with Crippen molar-refractivity contribution >= 4 is 81.2 Å². The number of benzene rings is 10. The molecule has 602 valence electrons. The van der Waals surface area contributed by atoms with Gasteiger partial charge in [0.05, 0.1) is 48.6 Å². The summed E-state index contributed by atoms with van der Waals surface area (Å²) in [5.74, 6) is 10.6. The molecule has 22 heteroatoms. The van der Waals surface area contributed by atoms with Crippen LogP contribution in [0.15, 0.2) is 344 Å². The van der Waals surface area contributed by atoms with Gasteiger partial charge < -0.3 is 47.0 Å². The second kappa shape index (κ2) is 37.5. The minimum Gasteiger partial charge on any atom is -0.453 e. The van der Waals surface area contributed by atoms with E-state index in [1.807, 2.05) is 338 Å². The fourth-order valence-corrected chi connectivity index (χ4v) is 15.1. The van der Waals surface area contributed by atoms with Gasteiger partial charge in [-0.05, 0) is 174 Å². The van der Waals surface area contributed by atoms with E-state index >= 15 is 0 Å². The molecule has 0 radical (unpaired) electrons. The van der Waals surface area contributed by atoms with Crippen LogP contribution in [0.2, 0.25) is 35.2 Å². The van der Waals surface area contributed by atoms with Gasteiger partial charge in [0.25, 0.3) is 0 Å². The summed E-state index contributed by atoms with van der Waals surface area (Å²) in [5.41, 5.74) is 19.4.